The van der Waals surface area contributed by atoms with Crippen molar-refractivity contribution in [2.45, 2.75) is 12.8 Å². The minimum Gasteiger partial charge on any atom is -0.493 e. The molecule has 2 aromatic rings. The number of aromatic nitrogens is 2. The Balaban J connectivity index is 1.42. The first-order valence-electron chi connectivity index (χ1n) is 8.70. The van der Waals surface area contributed by atoms with E-state index in [1.165, 1.54) is 6.42 Å². The number of fused-ring (bicyclic) bond motifs is 2. The van der Waals surface area contributed by atoms with E-state index in [1.54, 1.807) is 32.4 Å². The number of nitrogens with zero attached hydrogens (tertiary/aromatic N) is 2. The largest absolute Gasteiger partial charge is 0.493 e. The zero-order valence-corrected chi connectivity index (χ0v) is 14.8. The molecule has 26 heavy (non-hydrogen) atoms. The van der Waals surface area contributed by atoms with Crippen molar-refractivity contribution in [3.8, 4) is 22.9 Å². The number of nitrogens with one attached hydrogen (secondary N) is 1. The first-order chi connectivity index (χ1) is 12.7. The van der Waals surface area contributed by atoms with Crippen molar-refractivity contribution >= 4 is 5.91 Å². The van der Waals surface area contributed by atoms with Crippen LogP contribution >= 0.6 is 0 Å². The Bertz CT molecular complexity index is 845. The van der Waals surface area contributed by atoms with Crippen molar-refractivity contribution in [2.75, 3.05) is 20.8 Å². The van der Waals surface area contributed by atoms with E-state index in [2.05, 4.69) is 27.6 Å². The molecule has 7 heteroatoms. The fraction of sp³-hybridized carbons (Fsp3) is 0.421. The fourth-order valence-corrected chi connectivity index (χ4v) is 3.84. The van der Waals surface area contributed by atoms with Crippen LogP contribution in [-0.2, 0) is 0 Å². The molecule has 1 saturated carbocycles. The smallest absolute Gasteiger partial charge is 0.316 e. The predicted molar refractivity (Wildman–Crippen MR) is 94.0 cm³/mol. The summed E-state index contributed by atoms with van der Waals surface area (Å²) >= 11 is 0. The number of methoxy groups -OCH3 is 2. The van der Waals surface area contributed by atoms with Crippen molar-refractivity contribution in [3.05, 3.63) is 36.2 Å². The van der Waals surface area contributed by atoms with E-state index in [0.717, 1.165) is 6.42 Å². The zero-order chi connectivity index (χ0) is 18.1. The molecule has 7 nitrogen and oxygen atoms in total. The number of ether oxygens (including phenoxy) is 2. The van der Waals surface area contributed by atoms with Crippen LogP contribution in [0.3, 0.4) is 0 Å². The molecule has 0 saturated heterocycles. The number of benzene rings is 1. The van der Waals surface area contributed by atoms with E-state index in [-0.39, 0.29) is 11.8 Å². The summed E-state index contributed by atoms with van der Waals surface area (Å²) in [6.45, 7) is 0.637. The number of amides is 1. The maximum atomic E-state index is 12.3. The van der Waals surface area contributed by atoms with Gasteiger partial charge >= 0.3 is 11.8 Å². The zero-order valence-electron chi connectivity index (χ0n) is 14.8. The summed E-state index contributed by atoms with van der Waals surface area (Å²) in [5, 5.41) is 6.82. The maximum Gasteiger partial charge on any atom is 0.316 e. The van der Waals surface area contributed by atoms with Crippen LogP contribution in [0.1, 0.15) is 23.5 Å². The van der Waals surface area contributed by atoms with E-state index in [0.29, 0.717) is 47.2 Å². The van der Waals surface area contributed by atoms with E-state index in [1.807, 2.05) is 0 Å². The van der Waals surface area contributed by atoms with Crippen molar-refractivity contribution in [3.63, 3.8) is 0 Å². The van der Waals surface area contributed by atoms with E-state index < -0.39 is 0 Å². The molecule has 2 aliphatic carbocycles. The highest BCUT2D eigenvalue weighted by molar-refractivity contribution is 5.89. The molecule has 1 aromatic heterocycles. The number of allylic oxidation sites excluding steroid dienone is 2. The summed E-state index contributed by atoms with van der Waals surface area (Å²) in [5.41, 5.74) is 0.684. The molecule has 2 aliphatic rings. The third kappa shape index (κ3) is 3.05. The normalized spacial score (nSPS) is 23.2. The summed E-state index contributed by atoms with van der Waals surface area (Å²) < 4.78 is 15.6. The molecular formula is C19H21N3O4. The number of rotatable bonds is 6. The van der Waals surface area contributed by atoms with E-state index >= 15 is 0 Å². The average molecular weight is 355 g/mol. The topological polar surface area (TPSA) is 86.5 Å². The van der Waals surface area contributed by atoms with Gasteiger partial charge in [-0.3, -0.25) is 4.79 Å². The molecule has 3 atom stereocenters. The van der Waals surface area contributed by atoms with Gasteiger partial charge in [0.1, 0.15) is 0 Å². The molecule has 1 amide bonds. The minimum absolute atomic E-state index is 0.0338. The summed E-state index contributed by atoms with van der Waals surface area (Å²) in [7, 11) is 3.13. The second kappa shape index (κ2) is 6.82. The van der Waals surface area contributed by atoms with Crippen molar-refractivity contribution in [2.24, 2.45) is 17.8 Å². The summed E-state index contributed by atoms with van der Waals surface area (Å²) in [4.78, 5) is 16.5. The van der Waals surface area contributed by atoms with Gasteiger partial charge in [-0.05, 0) is 48.8 Å². The summed E-state index contributed by atoms with van der Waals surface area (Å²) in [5.74, 6) is 2.90. The summed E-state index contributed by atoms with van der Waals surface area (Å²) in [6.07, 6.45) is 6.91. The molecule has 0 unspecified atom stereocenters. The van der Waals surface area contributed by atoms with Gasteiger partial charge in [0.15, 0.2) is 11.5 Å². The lowest BCUT2D eigenvalue weighted by molar-refractivity contribution is 0.0901. The Kier molecular flexibility index (Phi) is 4.36. The van der Waals surface area contributed by atoms with Crippen LogP contribution in [0.5, 0.6) is 11.5 Å². The van der Waals surface area contributed by atoms with Gasteiger partial charge in [0, 0.05) is 12.1 Å². The van der Waals surface area contributed by atoms with Crippen LogP contribution in [-0.4, -0.2) is 36.8 Å². The molecule has 136 valence electrons. The molecule has 0 radical (unpaired) electrons. The molecular weight excluding hydrogens is 334 g/mol. The Morgan fingerprint density at radius 2 is 2.08 bits per heavy atom. The SMILES string of the molecule is COc1ccc(-c2noc(C(=O)NC[C@H]3C[C@@H]4C=C[C@H]3C4)n2)cc1OC. The Morgan fingerprint density at radius 1 is 1.23 bits per heavy atom. The van der Waals surface area contributed by atoms with Gasteiger partial charge in [-0.1, -0.05) is 17.3 Å². The molecule has 1 fully saturated rings. The van der Waals surface area contributed by atoms with Crippen LogP contribution in [0.15, 0.2) is 34.9 Å². The van der Waals surface area contributed by atoms with Crippen molar-refractivity contribution in [1.82, 2.24) is 15.5 Å². The first kappa shape index (κ1) is 16.6. The third-order valence-electron chi connectivity index (χ3n) is 5.20. The van der Waals surface area contributed by atoms with Gasteiger partial charge in [-0.25, -0.2) is 0 Å². The first-order valence-corrected chi connectivity index (χ1v) is 8.70. The minimum atomic E-state index is -0.337. The van der Waals surface area contributed by atoms with Gasteiger partial charge in [-0.2, -0.15) is 4.98 Å². The number of carbonyl (C=O) groups is 1. The highest BCUT2D eigenvalue weighted by Crippen LogP contribution is 2.43. The highest BCUT2D eigenvalue weighted by atomic mass is 16.5. The van der Waals surface area contributed by atoms with Gasteiger partial charge < -0.3 is 19.3 Å². The summed E-state index contributed by atoms with van der Waals surface area (Å²) in [6, 6.07) is 5.29. The molecule has 1 aromatic carbocycles. The van der Waals surface area contributed by atoms with Crippen molar-refractivity contribution < 1.29 is 18.8 Å². The lowest BCUT2D eigenvalue weighted by atomic mass is 9.94. The average Bonchev–Trinajstić information content (AvgIpc) is 3.42. The molecule has 1 N–H and O–H groups in total. The number of carbonyl (C=O) groups excluding carboxylic acids is 1. The predicted octanol–water partition coefficient (Wildman–Crippen LogP) is 2.70. The van der Waals surface area contributed by atoms with Gasteiger partial charge in [0.25, 0.3) is 0 Å². The Hall–Kier alpha value is -2.83. The van der Waals surface area contributed by atoms with Crippen LogP contribution in [0.25, 0.3) is 11.4 Å². The van der Waals surface area contributed by atoms with Crippen LogP contribution in [0.2, 0.25) is 0 Å². The van der Waals surface area contributed by atoms with Crippen LogP contribution in [0.4, 0.5) is 0 Å². The maximum absolute atomic E-state index is 12.3. The Morgan fingerprint density at radius 3 is 2.77 bits per heavy atom. The molecule has 4 rings (SSSR count). The molecule has 2 bridgehead atoms. The molecule has 0 aliphatic heterocycles. The van der Waals surface area contributed by atoms with Crippen LogP contribution < -0.4 is 14.8 Å². The Labute approximate surface area is 151 Å². The standard InChI is InChI=1S/C19H21N3O4/c1-24-15-6-5-13(9-16(15)25-2)17-21-19(26-22-17)18(23)20-10-14-8-11-3-4-12(14)7-11/h3-6,9,11-12,14H,7-8,10H2,1-2H3,(H,20,23)/t11-,12+,14-/m1/s1. The fourth-order valence-electron chi connectivity index (χ4n) is 3.84. The second-order valence-electron chi connectivity index (χ2n) is 6.74. The molecule has 1 heterocycles. The van der Waals surface area contributed by atoms with E-state index in [4.69, 9.17) is 14.0 Å². The van der Waals surface area contributed by atoms with Gasteiger partial charge in [-0.15, -0.1) is 0 Å². The quantitative estimate of drug-likeness (QED) is 0.802. The monoisotopic (exact) mass is 355 g/mol. The third-order valence-corrected chi connectivity index (χ3v) is 5.20. The van der Waals surface area contributed by atoms with Crippen molar-refractivity contribution in [1.29, 1.82) is 0 Å². The van der Waals surface area contributed by atoms with E-state index in [9.17, 15) is 4.79 Å². The second-order valence-corrected chi connectivity index (χ2v) is 6.74. The van der Waals surface area contributed by atoms with Crippen LogP contribution in [0, 0.1) is 17.8 Å². The van der Waals surface area contributed by atoms with Gasteiger partial charge in [0.2, 0.25) is 5.82 Å². The number of hydrogen-bond donors (Lipinski definition) is 1. The van der Waals surface area contributed by atoms with Gasteiger partial charge in [0.05, 0.1) is 14.2 Å². The number of hydrogen-bond acceptors (Lipinski definition) is 6. The highest BCUT2D eigenvalue weighted by Gasteiger charge is 2.35. The molecule has 0 spiro atoms. The lowest BCUT2D eigenvalue weighted by Gasteiger charge is -2.17. The lowest BCUT2D eigenvalue weighted by Crippen LogP contribution is -2.31.